The van der Waals surface area contributed by atoms with Crippen LogP contribution >= 0.6 is 0 Å². The fourth-order valence-electron chi connectivity index (χ4n) is 15.9. The minimum atomic E-state index is -2.14. The van der Waals surface area contributed by atoms with Crippen LogP contribution in [0.2, 0.25) is 0 Å². The van der Waals surface area contributed by atoms with Crippen LogP contribution in [0.4, 0.5) is 4.79 Å². The van der Waals surface area contributed by atoms with Crippen LogP contribution in [0.5, 0.6) is 0 Å². The summed E-state index contributed by atoms with van der Waals surface area (Å²) in [5.74, 6) is -6.76. The van der Waals surface area contributed by atoms with Crippen molar-refractivity contribution in [1.82, 2.24) is 5.32 Å². The van der Waals surface area contributed by atoms with Crippen LogP contribution in [-0.4, -0.2) is 189 Å². The lowest BCUT2D eigenvalue weighted by atomic mass is 9.49. The Bertz CT molecular complexity index is 2830. The first kappa shape index (κ1) is 68.6. The number of hydroxylamine groups is 2. The molecule has 0 aromatic rings. The van der Waals surface area contributed by atoms with Crippen molar-refractivity contribution >= 4 is 29.6 Å². The molecule has 496 valence electrons. The van der Waals surface area contributed by atoms with Gasteiger partial charge in [-0.2, -0.15) is 0 Å². The molecule has 5 aliphatic heterocycles. The fourth-order valence-corrected chi connectivity index (χ4v) is 15.9. The molecule has 25 nitrogen and oxygen atoms in total. The van der Waals surface area contributed by atoms with Crippen LogP contribution in [0.1, 0.15) is 128 Å². The predicted octanol–water partition coefficient (Wildman–Crippen LogP) is 3.86. The summed E-state index contributed by atoms with van der Waals surface area (Å²) in [4.78, 5) is 68.1. The number of nitrogens with one attached hydrogen (secondary N) is 2. The van der Waals surface area contributed by atoms with Gasteiger partial charge in [0, 0.05) is 49.9 Å². The molecular formula is C64H92N2O23. The van der Waals surface area contributed by atoms with E-state index in [2.05, 4.69) is 19.2 Å². The standard InChI is InChI=1S/C64H92N2O23/c1-28-14-19-45(85-50-27-62(11,66(77)78)57(36(9)83-50)65-61(76)79-13)29(2)21-41-42(69)22-38(16-15-32(5)67)26-64(41)59(74)51(60(75)89-64)58(73)63(12)40(28)18-17-39-52(63)30(3)20-31(4)54(39)87-49-25-46(56(35(8)82-49)84-37(10)68)86-47-24-44(71)55(34(7)81-47)88-48-23-43(70)53(72)33(6)80-48/h14-18,21-22,30-31,33-36,39-50,52-57,66,69-73,77H,19-20,23-27H2,1-13H3,(H,65,76)/b16-15+,28-14+,29-21+,58-51?/t30-,31-,33-,34-,35-,36+,39-,40-,41+,42-,43+,44+,45-,46+,47-,48+,49-,50-,52+,53-,54-,55-,56-,57-,62-,63+,64-/m0/s1. The summed E-state index contributed by atoms with van der Waals surface area (Å²) in [5.41, 5.74) is -4.28. The van der Waals surface area contributed by atoms with Crippen LogP contribution in [-0.2, 0) is 71.3 Å². The van der Waals surface area contributed by atoms with Gasteiger partial charge in [-0.25, -0.2) is 20.0 Å². The monoisotopic (exact) mass is 1260 g/mol. The second-order valence-electron chi connectivity index (χ2n) is 26.8. The van der Waals surface area contributed by atoms with E-state index in [1.54, 1.807) is 40.7 Å². The zero-order valence-electron chi connectivity index (χ0n) is 53.0. The van der Waals surface area contributed by atoms with Crippen LogP contribution < -0.4 is 10.5 Å². The highest BCUT2D eigenvalue weighted by molar-refractivity contribution is 6.26. The van der Waals surface area contributed by atoms with E-state index in [-0.39, 0.29) is 56.1 Å². The van der Waals surface area contributed by atoms with E-state index in [4.69, 9.17) is 52.1 Å². The number of allylic oxidation sites excluding steroid dienone is 5. The van der Waals surface area contributed by atoms with Crippen molar-refractivity contribution in [2.75, 3.05) is 7.11 Å². The smallest absolute Gasteiger partial charge is 0.407 e. The molecule has 25 heteroatoms. The number of amides is 1. The highest BCUT2D eigenvalue weighted by atomic mass is 16.8. The molecule has 8 N–H and O–H groups in total. The maximum Gasteiger partial charge on any atom is 0.407 e. The summed E-state index contributed by atoms with van der Waals surface area (Å²) in [6.45, 7) is 20.3. The molecule has 9 aliphatic rings. The first-order valence-electron chi connectivity index (χ1n) is 31.2. The van der Waals surface area contributed by atoms with E-state index in [0.29, 0.717) is 17.6 Å². The third kappa shape index (κ3) is 13.5. The minimum Gasteiger partial charge on any atom is -0.600 e. The van der Waals surface area contributed by atoms with Gasteiger partial charge < -0.3 is 88.2 Å². The molecule has 1 amide bonds. The Morgan fingerprint density at radius 3 is 2.03 bits per heavy atom. The molecule has 0 aromatic carbocycles. The number of Topliss-reactive ketones (excluding diaryl/α,β-unsaturated/α-hetero) is 1. The first-order chi connectivity index (χ1) is 41.8. The molecule has 4 aliphatic carbocycles. The van der Waals surface area contributed by atoms with Crippen molar-refractivity contribution in [2.45, 2.75) is 250 Å². The van der Waals surface area contributed by atoms with Crippen LogP contribution in [0.25, 0.3) is 0 Å². The lowest BCUT2D eigenvalue weighted by molar-refractivity contribution is -1.09. The van der Waals surface area contributed by atoms with Gasteiger partial charge in [0.2, 0.25) is 5.78 Å². The summed E-state index contributed by atoms with van der Waals surface area (Å²) in [6.07, 6.45) is -5.24. The summed E-state index contributed by atoms with van der Waals surface area (Å²) < 4.78 is 68.6. The minimum absolute atomic E-state index is 0.0201. The van der Waals surface area contributed by atoms with Gasteiger partial charge >= 0.3 is 18.0 Å². The van der Waals surface area contributed by atoms with Gasteiger partial charge in [0.15, 0.2) is 48.2 Å². The number of hydrogen-bond donors (Lipinski definition) is 8. The number of rotatable bonds is 13. The Morgan fingerprint density at radius 1 is 0.764 bits per heavy atom. The third-order valence-electron chi connectivity index (χ3n) is 20.4. The largest absolute Gasteiger partial charge is 0.600 e. The number of esters is 2. The topological polar surface area (TPSA) is 348 Å². The molecule has 1 unspecified atom stereocenters. The Hall–Kier alpha value is -4.81. The van der Waals surface area contributed by atoms with Crippen molar-refractivity contribution < 1.29 is 112 Å². The highest BCUT2D eigenvalue weighted by Crippen LogP contribution is 2.61. The van der Waals surface area contributed by atoms with E-state index in [1.807, 2.05) is 32.1 Å². The van der Waals surface area contributed by atoms with Crippen LogP contribution in [0, 0.1) is 46.1 Å². The number of aliphatic hydroxyl groups excluding tert-OH is 5. The number of methoxy groups -OCH3 is 1. The van der Waals surface area contributed by atoms with Gasteiger partial charge in [0.05, 0.1) is 74.4 Å². The normalized spacial score (nSPS) is 46.8. The lowest BCUT2D eigenvalue weighted by Gasteiger charge is -2.56. The quantitative estimate of drug-likeness (QED) is 0.0324. The predicted molar refractivity (Wildman–Crippen MR) is 311 cm³/mol. The van der Waals surface area contributed by atoms with Gasteiger partial charge in [0.25, 0.3) is 0 Å². The second kappa shape index (κ2) is 27.0. The Kier molecular flexibility index (Phi) is 20.8. The number of ether oxygens (including phenoxy) is 11. The Morgan fingerprint density at radius 2 is 1.39 bits per heavy atom. The molecule has 1 saturated carbocycles. The SMILES string of the molecule is COC(=O)N[C@H]1[C@@H](C)O[C@@H](O[C@H]2C/C=C(\C)[C@@H]3C=C[C@@H]4[C@@H](O[C@H]5C[C@@H](O[C@H]6C[C@@H](O)[C@@H](O[C@@H]7C[C@@H](O)[C@@H](O)[C@H](C)O7)[C@H](C)O6)[C@@H](OC(C)=O)[C@H](C)O5)[C@@H](C)C[C@H](C)[C@H]4[C@]3(C)C(O)=C3C(=O)O[C@]4(CC(/C=C/C(C)=O)=C[C@H](O)[C@H]4/C=C/2C)C3=O)C[C@]1(C)[NH+]([O-])O. The van der Waals surface area contributed by atoms with Gasteiger partial charge in [-0.15, -0.1) is 0 Å². The number of hydrogen-bond acceptors (Lipinski definition) is 23. The van der Waals surface area contributed by atoms with Crippen molar-refractivity contribution in [2.24, 2.45) is 40.9 Å². The Balaban J connectivity index is 1.05. The zero-order chi connectivity index (χ0) is 65.1. The zero-order valence-corrected chi connectivity index (χ0v) is 53.0. The molecule has 1 spiro atoms. The molecule has 6 fully saturated rings. The van der Waals surface area contributed by atoms with Crippen LogP contribution in [0.3, 0.4) is 0 Å². The fraction of sp³-hybridized carbons (Fsp3) is 0.734. The van der Waals surface area contributed by atoms with Crippen molar-refractivity contribution in [3.63, 3.8) is 0 Å². The maximum absolute atomic E-state index is 15.8. The van der Waals surface area contributed by atoms with E-state index >= 15 is 4.79 Å². The average Bonchev–Trinajstić information content (AvgIpc) is 1.69. The number of carbonyl (C=O) groups is 5. The highest BCUT2D eigenvalue weighted by Gasteiger charge is 2.65. The van der Waals surface area contributed by atoms with Gasteiger partial charge in [0.1, 0.15) is 35.7 Å². The number of aliphatic hydroxyl groups is 5. The van der Waals surface area contributed by atoms with Gasteiger partial charge in [-0.05, 0) is 103 Å². The van der Waals surface area contributed by atoms with E-state index in [0.717, 1.165) is 5.57 Å². The molecule has 9 rings (SSSR count). The number of quaternary nitrogens is 1. The molecule has 89 heavy (non-hydrogen) atoms. The molecule has 5 heterocycles. The summed E-state index contributed by atoms with van der Waals surface area (Å²) >= 11 is 0. The molecule has 0 radical (unpaired) electrons. The molecule has 0 aromatic heterocycles. The van der Waals surface area contributed by atoms with Crippen LogP contribution in [0.15, 0.2) is 70.6 Å². The van der Waals surface area contributed by atoms with Crippen molar-refractivity contribution in [1.29, 1.82) is 0 Å². The third-order valence-corrected chi connectivity index (χ3v) is 20.4. The van der Waals surface area contributed by atoms with E-state index in [9.17, 15) is 55.1 Å². The maximum atomic E-state index is 15.8. The summed E-state index contributed by atoms with van der Waals surface area (Å²) in [7, 11) is 1.17. The van der Waals surface area contributed by atoms with Crippen molar-refractivity contribution in [3.8, 4) is 0 Å². The molecule has 28 atom stereocenters. The van der Waals surface area contributed by atoms with Gasteiger partial charge in [-0.3, -0.25) is 14.4 Å². The summed E-state index contributed by atoms with van der Waals surface area (Å²) in [6, 6.07) is -1.03. The summed E-state index contributed by atoms with van der Waals surface area (Å²) in [5, 5.41) is 82.8. The molecule has 5 saturated heterocycles. The second-order valence-corrected chi connectivity index (χ2v) is 26.8. The Labute approximate surface area is 518 Å². The molecule has 2 bridgehead atoms. The van der Waals surface area contributed by atoms with E-state index in [1.165, 1.54) is 46.1 Å². The van der Waals surface area contributed by atoms with E-state index < -0.39 is 191 Å². The van der Waals surface area contributed by atoms with Crippen molar-refractivity contribution in [3.05, 3.63) is 75.8 Å². The first-order valence-corrected chi connectivity index (χ1v) is 31.2. The average molecular weight is 1260 g/mol. The lowest BCUT2D eigenvalue weighted by Crippen LogP contribution is -3.17. The number of ketones is 2. The van der Waals surface area contributed by atoms with Gasteiger partial charge in [-0.1, -0.05) is 62.8 Å². The number of carbonyl (C=O) groups excluding carboxylic acids is 5. The number of fused-ring (bicyclic) bond motifs is 4. The molecular weight excluding hydrogens is 1160 g/mol. The number of alkyl carbamates (subject to hydrolysis) is 1.